The molecule has 0 spiro atoms. The standard InChI is InChI=1S/C13H28N2O4Si/c1-13(2,3)19-12(18)15(7-8-20(4,5)6)10(9-14)11(16)17/h10H,7-9,14H2,1-6H3,(H,16,17)/t10-/m1/s1. The Morgan fingerprint density at radius 3 is 2.10 bits per heavy atom. The highest BCUT2D eigenvalue weighted by atomic mass is 28.3. The van der Waals surface area contributed by atoms with Gasteiger partial charge in [0.15, 0.2) is 0 Å². The quantitative estimate of drug-likeness (QED) is 0.732. The van der Waals surface area contributed by atoms with Gasteiger partial charge in [0, 0.05) is 21.2 Å². The van der Waals surface area contributed by atoms with E-state index in [0.717, 1.165) is 6.04 Å². The summed E-state index contributed by atoms with van der Waals surface area (Å²) in [6.45, 7) is 12.0. The van der Waals surface area contributed by atoms with Crippen molar-refractivity contribution < 1.29 is 19.4 Å². The van der Waals surface area contributed by atoms with Crippen LogP contribution in [0.15, 0.2) is 0 Å². The summed E-state index contributed by atoms with van der Waals surface area (Å²) in [5.41, 5.74) is 4.84. The summed E-state index contributed by atoms with van der Waals surface area (Å²) >= 11 is 0. The Morgan fingerprint density at radius 2 is 1.80 bits per heavy atom. The highest BCUT2D eigenvalue weighted by Gasteiger charge is 2.32. The van der Waals surface area contributed by atoms with E-state index in [1.54, 1.807) is 20.8 Å². The van der Waals surface area contributed by atoms with Crippen LogP contribution in [0.2, 0.25) is 25.7 Å². The zero-order chi connectivity index (χ0) is 16.1. The second kappa shape index (κ2) is 7.08. The summed E-state index contributed by atoms with van der Waals surface area (Å²) in [6.07, 6.45) is -0.617. The van der Waals surface area contributed by atoms with E-state index >= 15 is 0 Å². The summed E-state index contributed by atoms with van der Waals surface area (Å²) in [4.78, 5) is 24.7. The average Bonchev–Trinajstić information content (AvgIpc) is 2.19. The van der Waals surface area contributed by atoms with Crippen LogP contribution in [0.25, 0.3) is 0 Å². The van der Waals surface area contributed by atoms with Gasteiger partial charge in [-0.15, -0.1) is 0 Å². The lowest BCUT2D eigenvalue weighted by Gasteiger charge is -2.32. The first-order chi connectivity index (χ1) is 8.87. The van der Waals surface area contributed by atoms with Crippen LogP contribution in [-0.2, 0) is 9.53 Å². The van der Waals surface area contributed by atoms with Crippen molar-refractivity contribution in [3.8, 4) is 0 Å². The van der Waals surface area contributed by atoms with Crippen molar-refractivity contribution >= 4 is 20.1 Å². The van der Waals surface area contributed by atoms with E-state index in [2.05, 4.69) is 19.6 Å². The second-order valence-corrected chi connectivity index (χ2v) is 12.7. The number of hydrogen-bond donors (Lipinski definition) is 2. The Kier molecular flexibility index (Phi) is 6.69. The molecule has 3 N–H and O–H groups in total. The number of carbonyl (C=O) groups excluding carboxylic acids is 1. The molecule has 0 saturated heterocycles. The first-order valence-corrected chi connectivity index (χ1v) is 10.5. The maximum Gasteiger partial charge on any atom is 0.411 e. The van der Waals surface area contributed by atoms with E-state index in [9.17, 15) is 14.7 Å². The number of carboxylic acids is 1. The van der Waals surface area contributed by atoms with Gasteiger partial charge in [0.2, 0.25) is 0 Å². The molecule has 6 nitrogen and oxygen atoms in total. The van der Waals surface area contributed by atoms with Crippen molar-refractivity contribution in [1.82, 2.24) is 4.90 Å². The van der Waals surface area contributed by atoms with Gasteiger partial charge in [-0.25, -0.2) is 9.59 Å². The molecule has 0 aromatic heterocycles. The fourth-order valence-corrected chi connectivity index (χ4v) is 2.42. The Labute approximate surface area is 122 Å². The smallest absolute Gasteiger partial charge is 0.411 e. The Bertz CT molecular complexity index is 347. The van der Waals surface area contributed by atoms with Crippen molar-refractivity contribution in [1.29, 1.82) is 0 Å². The fraction of sp³-hybridized carbons (Fsp3) is 0.846. The number of hydrogen-bond acceptors (Lipinski definition) is 4. The highest BCUT2D eigenvalue weighted by molar-refractivity contribution is 6.76. The Hall–Kier alpha value is -1.08. The van der Waals surface area contributed by atoms with E-state index in [0.29, 0.717) is 6.54 Å². The van der Waals surface area contributed by atoms with Crippen molar-refractivity contribution in [2.24, 2.45) is 5.73 Å². The predicted octanol–water partition coefficient (Wildman–Crippen LogP) is 1.97. The molecule has 0 fully saturated rings. The number of ether oxygens (including phenoxy) is 1. The normalized spacial score (nSPS) is 13.8. The number of nitrogens with two attached hydrogens (primary N) is 1. The topological polar surface area (TPSA) is 92.9 Å². The number of amides is 1. The summed E-state index contributed by atoms with van der Waals surface area (Å²) in [6, 6.07) is -0.239. The molecule has 0 aromatic carbocycles. The molecule has 0 unspecified atom stereocenters. The lowest BCUT2D eigenvalue weighted by molar-refractivity contribution is -0.142. The molecule has 0 heterocycles. The minimum Gasteiger partial charge on any atom is -0.480 e. The molecule has 0 aliphatic carbocycles. The SMILES string of the molecule is CC(C)(C)OC(=O)N(CC[Si](C)(C)C)[C@H](CN)C(=O)O. The Balaban J connectivity index is 5.04. The molecule has 0 bridgehead atoms. The molecule has 1 atom stereocenters. The second-order valence-electron chi connectivity index (χ2n) is 7.07. The first kappa shape index (κ1) is 18.9. The van der Waals surface area contributed by atoms with E-state index in [1.165, 1.54) is 4.90 Å². The van der Waals surface area contributed by atoms with Crippen molar-refractivity contribution in [3.63, 3.8) is 0 Å². The number of nitrogens with zero attached hydrogens (tertiary/aromatic N) is 1. The van der Waals surface area contributed by atoms with Crippen LogP contribution in [0.4, 0.5) is 4.79 Å². The van der Waals surface area contributed by atoms with E-state index in [-0.39, 0.29) is 6.54 Å². The highest BCUT2D eigenvalue weighted by Crippen LogP contribution is 2.16. The molecule has 7 heteroatoms. The van der Waals surface area contributed by atoms with Crippen molar-refractivity contribution in [2.45, 2.75) is 58.1 Å². The minimum atomic E-state index is -1.40. The largest absolute Gasteiger partial charge is 0.480 e. The summed E-state index contributed by atoms with van der Waals surface area (Å²) in [7, 11) is -1.40. The third kappa shape index (κ3) is 7.49. The maximum absolute atomic E-state index is 12.2. The molecule has 0 aromatic rings. The van der Waals surface area contributed by atoms with Gasteiger partial charge in [-0.2, -0.15) is 0 Å². The monoisotopic (exact) mass is 304 g/mol. The van der Waals surface area contributed by atoms with E-state index in [4.69, 9.17) is 10.5 Å². The molecule has 0 radical (unpaired) electrons. The number of carboxylic acid groups (broad SMARTS) is 1. The molecule has 0 aliphatic heterocycles. The van der Waals surface area contributed by atoms with Gasteiger partial charge in [-0.3, -0.25) is 4.90 Å². The van der Waals surface area contributed by atoms with Crippen LogP contribution >= 0.6 is 0 Å². The van der Waals surface area contributed by atoms with Gasteiger partial charge in [0.05, 0.1) is 0 Å². The molecular weight excluding hydrogens is 276 g/mol. The molecule has 0 rings (SSSR count). The van der Waals surface area contributed by atoms with E-state index < -0.39 is 31.8 Å². The summed E-state index contributed by atoms with van der Waals surface area (Å²) in [5.74, 6) is -1.10. The van der Waals surface area contributed by atoms with Gasteiger partial charge in [-0.05, 0) is 26.8 Å². The van der Waals surface area contributed by atoms with Crippen LogP contribution in [0.3, 0.4) is 0 Å². The van der Waals surface area contributed by atoms with Crippen molar-refractivity contribution in [3.05, 3.63) is 0 Å². The maximum atomic E-state index is 12.2. The Morgan fingerprint density at radius 1 is 1.30 bits per heavy atom. The summed E-state index contributed by atoms with van der Waals surface area (Å²) in [5, 5.41) is 9.20. The van der Waals surface area contributed by atoms with Crippen LogP contribution in [-0.4, -0.2) is 54.9 Å². The third-order valence-corrected chi connectivity index (χ3v) is 4.34. The lowest BCUT2D eigenvalue weighted by atomic mass is 10.2. The predicted molar refractivity (Wildman–Crippen MR) is 81.6 cm³/mol. The molecular formula is C13H28N2O4Si. The van der Waals surface area contributed by atoms with Gasteiger partial charge in [-0.1, -0.05) is 19.6 Å². The van der Waals surface area contributed by atoms with Crippen LogP contribution in [0.1, 0.15) is 20.8 Å². The van der Waals surface area contributed by atoms with Gasteiger partial charge in [0.1, 0.15) is 11.6 Å². The van der Waals surface area contributed by atoms with Crippen molar-refractivity contribution in [2.75, 3.05) is 13.1 Å². The average molecular weight is 304 g/mol. The molecule has 1 amide bonds. The molecule has 118 valence electrons. The molecule has 0 aliphatic rings. The number of rotatable bonds is 6. The van der Waals surface area contributed by atoms with Crippen LogP contribution in [0, 0.1) is 0 Å². The minimum absolute atomic E-state index is 0.125. The van der Waals surface area contributed by atoms with Gasteiger partial charge >= 0.3 is 12.1 Å². The third-order valence-electron chi connectivity index (χ3n) is 2.62. The number of carbonyl (C=O) groups is 2. The molecule has 20 heavy (non-hydrogen) atoms. The lowest BCUT2D eigenvalue weighted by Crippen LogP contribution is -2.52. The zero-order valence-corrected chi connectivity index (χ0v) is 14.4. The fourth-order valence-electron chi connectivity index (χ4n) is 1.51. The zero-order valence-electron chi connectivity index (χ0n) is 13.4. The summed E-state index contributed by atoms with van der Waals surface area (Å²) < 4.78 is 5.28. The van der Waals surface area contributed by atoms with Gasteiger partial charge < -0.3 is 15.6 Å². The van der Waals surface area contributed by atoms with E-state index in [1.807, 2.05) is 0 Å². The number of aliphatic carboxylic acids is 1. The van der Waals surface area contributed by atoms with Gasteiger partial charge in [0.25, 0.3) is 0 Å². The first-order valence-electron chi connectivity index (χ1n) is 6.80. The van der Waals surface area contributed by atoms with Crippen LogP contribution in [0.5, 0.6) is 0 Å². The molecule has 0 saturated carbocycles. The van der Waals surface area contributed by atoms with Crippen LogP contribution < -0.4 is 5.73 Å².